The summed E-state index contributed by atoms with van der Waals surface area (Å²) in [5, 5.41) is 2.82. The van der Waals surface area contributed by atoms with E-state index in [1.807, 2.05) is 31.2 Å². The van der Waals surface area contributed by atoms with E-state index < -0.39 is 0 Å². The Kier molecular flexibility index (Phi) is 5.54. The van der Waals surface area contributed by atoms with Gasteiger partial charge in [-0.3, -0.25) is 19.3 Å². The number of rotatable bonds is 7. The maximum Gasteiger partial charge on any atom is 0.261 e. The van der Waals surface area contributed by atoms with Gasteiger partial charge in [-0.25, -0.2) is 0 Å². The molecule has 1 heterocycles. The summed E-state index contributed by atoms with van der Waals surface area (Å²) in [5.41, 5.74) is 2.84. The van der Waals surface area contributed by atoms with Crippen LogP contribution in [-0.2, 0) is 11.2 Å². The third kappa shape index (κ3) is 4.16. The second kappa shape index (κ2) is 8.03. The van der Waals surface area contributed by atoms with Gasteiger partial charge in [0.25, 0.3) is 11.8 Å². The molecule has 0 spiro atoms. The third-order valence-corrected chi connectivity index (χ3v) is 4.58. The fourth-order valence-electron chi connectivity index (χ4n) is 3.05. The SMILES string of the molecule is COc1ccc(CCNC(=O)CCN2C(=O)c3ccc(C)cc3C2=O)cc1. The predicted molar refractivity (Wildman–Crippen MR) is 101 cm³/mol. The van der Waals surface area contributed by atoms with Gasteiger partial charge in [-0.15, -0.1) is 0 Å². The first-order valence-electron chi connectivity index (χ1n) is 8.86. The van der Waals surface area contributed by atoms with Gasteiger partial charge in [0.15, 0.2) is 0 Å². The number of methoxy groups -OCH3 is 1. The zero-order chi connectivity index (χ0) is 19.4. The Morgan fingerprint density at radius 1 is 1.04 bits per heavy atom. The van der Waals surface area contributed by atoms with Crippen molar-refractivity contribution in [2.24, 2.45) is 0 Å². The Morgan fingerprint density at radius 2 is 1.74 bits per heavy atom. The molecule has 0 bridgehead atoms. The standard InChI is InChI=1S/C21H22N2O4/c1-14-3-8-17-18(13-14)21(26)23(20(17)25)12-10-19(24)22-11-9-15-4-6-16(27-2)7-5-15/h3-8,13H,9-12H2,1-2H3,(H,22,24). The van der Waals surface area contributed by atoms with Crippen molar-refractivity contribution >= 4 is 17.7 Å². The number of nitrogens with zero attached hydrogens (tertiary/aromatic N) is 1. The number of fused-ring (bicyclic) bond motifs is 1. The number of hydrogen-bond acceptors (Lipinski definition) is 4. The molecule has 0 aromatic heterocycles. The molecule has 2 aromatic rings. The van der Waals surface area contributed by atoms with Crippen LogP contribution >= 0.6 is 0 Å². The van der Waals surface area contributed by atoms with Crippen molar-refractivity contribution in [1.82, 2.24) is 10.2 Å². The van der Waals surface area contributed by atoms with Crippen LogP contribution in [-0.4, -0.2) is 42.8 Å². The molecule has 0 saturated carbocycles. The Morgan fingerprint density at radius 3 is 2.44 bits per heavy atom. The molecule has 6 nitrogen and oxygen atoms in total. The van der Waals surface area contributed by atoms with Crippen molar-refractivity contribution in [3.63, 3.8) is 0 Å². The first kappa shape index (κ1) is 18.6. The highest BCUT2D eigenvalue weighted by atomic mass is 16.5. The number of hydrogen-bond donors (Lipinski definition) is 1. The van der Waals surface area contributed by atoms with Gasteiger partial charge >= 0.3 is 0 Å². The largest absolute Gasteiger partial charge is 0.497 e. The number of aryl methyl sites for hydroxylation is 1. The highest BCUT2D eigenvalue weighted by molar-refractivity contribution is 6.21. The molecule has 0 saturated heterocycles. The average molecular weight is 366 g/mol. The van der Waals surface area contributed by atoms with Gasteiger partial charge in [-0.05, 0) is 43.2 Å². The van der Waals surface area contributed by atoms with Crippen molar-refractivity contribution in [3.8, 4) is 5.75 Å². The molecular weight excluding hydrogens is 344 g/mol. The maximum absolute atomic E-state index is 12.4. The van der Waals surface area contributed by atoms with E-state index in [0.717, 1.165) is 21.8 Å². The second-order valence-corrected chi connectivity index (χ2v) is 6.51. The fraction of sp³-hybridized carbons (Fsp3) is 0.286. The van der Waals surface area contributed by atoms with Gasteiger partial charge in [0.1, 0.15) is 5.75 Å². The van der Waals surface area contributed by atoms with E-state index in [-0.39, 0.29) is 30.7 Å². The molecule has 2 aromatic carbocycles. The molecule has 0 atom stereocenters. The highest BCUT2D eigenvalue weighted by Crippen LogP contribution is 2.23. The van der Waals surface area contributed by atoms with Crippen LogP contribution in [0.15, 0.2) is 42.5 Å². The van der Waals surface area contributed by atoms with Crippen LogP contribution in [0, 0.1) is 6.92 Å². The van der Waals surface area contributed by atoms with Crippen LogP contribution < -0.4 is 10.1 Å². The smallest absolute Gasteiger partial charge is 0.261 e. The van der Waals surface area contributed by atoms with E-state index in [4.69, 9.17) is 4.74 Å². The molecule has 3 rings (SSSR count). The predicted octanol–water partition coefficient (Wildman–Crippen LogP) is 2.35. The summed E-state index contributed by atoms with van der Waals surface area (Å²) in [5.74, 6) is -0.0547. The zero-order valence-electron chi connectivity index (χ0n) is 15.5. The van der Waals surface area contributed by atoms with Crippen molar-refractivity contribution in [2.75, 3.05) is 20.2 Å². The summed E-state index contributed by atoms with van der Waals surface area (Å²) in [6, 6.07) is 12.8. The second-order valence-electron chi connectivity index (χ2n) is 6.51. The molecule has 0 radical (unpaired) electrons. The lowest BCUT2D eigenvalue weighted by atomic mass is 10.1. The molecule has 1 aliphatic rings. The summed E-state index contributed by atoms with van der Waals surface area (Å²) >= 11 is 0. The monoisotopic (exact) mass is 366 g/mol. The quantitative estimate of drug-likeness (QED) is 0.763. The summed E-state index contributed by atoms with van der Waals surface area (Å²) in [4.78, 5) is 37.9. The summed E-state index contributed by atoms with van der Waals surface area (Å²) < 4.78 is 5.11. The minimum atomic E-state index is -0.332. The molecule has 140 valence electrons. The van der Waals surface area contributed by atoms with Crippen molar-refractivity contribution in [2.45, 2.75) is 19.8 Å². The maximum atomic E-state index is 12.4. The number of imide groups is 1. The van der Waals surface area contributed by atoms with Crippen molar-refractivity contribution in [1.29, 1.82) is 0 Å². The molecule has 0 aliphatic carbocycles. The Hall–Kier alpha value is -3.15. The minimum Gasteiger partial charge on any atom is -0.497 e. The normalized spacial score (nSPS) is 12.9. The van der Waals surface area contributed by atoms with Crippen LogP contribution in [0.5, 0.6) is 5.75 Å². The van der Waals surface area contributed by atoms with Crippen LogP contribution in [0.3, 0.4) is 0 Å². The lowest BCUT2D eigenvalue weighted by Gasteiger charge is -2.13. The highest BCUT2D eigenvalue weighted by Gasteiger charge is 2.35. The zero-order valence-corrected chi connectivity index (χ0v) is 15.5. The summed E-state index contributed by atoms with van der Waals surface area (Å²) in [6.07, 6.45) is 0.787. The van der Waals surface area contributed by atoms with E-state index in [2.05, 4.69) is 5.32 Å². The summed E-state index contributed by atoms with van der Waals surface area (Å²) in [7, 11) is 1.62. The third-order valence-electron chi connectivity index (χ3n) is 4.58. The van der Waals surface area contributed by atoms with Crippen LogP contribution in [0.1, 0.15) is 38.3 Å². The lowest BCUT2D eigenvalue weighted by Crippen LogP contribution is -2.35. The van der Waals surface area contributed by atoms with E-state index in [9.17, 15) is 14.4 Å². The van der Waals surface area contributed by atoms with Crippen LogP contribution in [0.25, 0.3) is 0 Å². The Bertz CT molecular complexity index is 874. The number of nitrogens with one attached hydrogen (secondary N) is 1. The van der Waals surface area contributed by atoms with Crippen LogP contribution in [0.2, 0.25) is 0 Å². The average Bonchev–Trinajstić information content (AvgIpc) is 2.90. The van der Waals surface area contributed by atoms with Gasteiger partial charge in [0, 0.05) is 19.5 Å². The molecule has 0 fully saturated rings. The molecule has 27 heavy (non-hydrogen) atoms. The van der Waals surface area contributed by atoms with Crippen LogP contribution in [0.4, 0.5) is 0 Å². The molecule has 6 heteroatoms. The van der Waals surface area contributed by atoms with Gasteiger partial charge in [0.2, 0.25) is 5.91 Å². The lowest BCUT2D eigenvalue weighted by molar-refractivity contribution is -0.121. The van der Waals surface area contributed by atoms with E-state index in [1.165, 1.54) is 0 Å². The summed E-state index contributed by atoms with van der Waals surface area (Å²) in [6.45, 7) is 2.45. The van der Waals surface area contributed by atoms with Crippen molar-refractivity contribution in [3.05, 3.63) is 64.7 Å². The van der Waals surface area contributed by atoms with Gasteiger partial charge in [0.05, 0.1) is 18.2 Å². The van der Waals surface area contributed by atoms with E-state index >= 15 is 0 Å². The number of ether oxygens (including phenoxy) is 1. The Labute approximate surface area is 158 Å². The molecular formula is C21H22N2O4. The van der Waals surface area contributed by atoms with Gasteiger partial charge in [-0.1, -0.05) is 23.8 Å². The number of amides is 3. The molecule has 3 amide bonds. The molecule has 1 N–H and O–H groups in total. The van der Waals surface area contributed by atoms with E-state index in [1.54, 1.807) is 25.3 Å². The number of benzene rings is 2. The number of carbonyl (C=O) groups excluding carboxylic acids is 3. The Balaban J connectivity index is 1.46. The fourth-order valence-corrected chi connectivity index (χ4v) is 3.05. The topological polar surface area (TPSA) is 75.7 Å². The first-order valence-corrected chi connectivity index (χ1v) is 8.86. The number of carbonyl (C=O) groups is 3. The minimum absolute atomic E-state index is 0.0831. The molecule has 1 aliphatic heterocycles. The van der Waals surface area contributed by atoms with Gasteiger partial charge in [-0.2, -0.15) is 0 Å². The van der Waals surface area contributed by atoms with Crippen molar-refractivity contribution < 1.29 is 19.1 Å². The molecule has 0 unspecified atom stereocenters. The first-order chi connectivity index (χ1) is 13.0. The van der Waals surface area contributed by atoms with E-state index in [0.29, 0.717) is 24.1 Å². The van der Waals surface area contributed by atoms with Gasteiger partial charge < -0.3 is 10.1 Å².